The first-order valence-electron chi connectivity index (χ1n) is 4.69. The van der Waals surface area contributed by atoms with E-state index < -0.39 is 12.6 Å². The van der Waals surface area contributed by atoms with Crippen molar-refractivity contribution in [2.75, 3.05) is 6.54 Å². The van der Waals surface area contributed by atoms with Crippen molar-refractivity contribution in [3.8, 4) is 0 Å². The second-order valence-electron chi connectivity index (χ2n) is 3.39. The van der Waals surface area contributed by atoms with Gasteiger partial charge >= 0.3 is 6.18 Å². The van der Waals surface area contributed by atoms with E-state index in [9.17, 15) is 13.2 Å². The van der Waals surface area contributed by atoms with Gasteiger partial charge in [0.15, 0.2) is 0 Å². The van der Waals surface area contributed by atoms with Crippen LogP contribution in [0.1, 0.15) is 26.7 Å². The number of halogens is 3. The average Bonchev–Trinajstić information content (AvgIpc) is 2.08. The topological polar surface area (TPSA) is 62.4 Å². The predicted octanol–water partition coefficient (Wildman–Crippen LogP) is 1.15. The fraction of sp³-hybridized carbons (Fsp3) is 0.875. The summed E-state index contributed by atoms with van der Waals surface area (Å²) in [4.78, 5) is 3.85. The second kappa shape index (κ2) is 6.49. The van der Waals surface area contributed by atoms with E-state index in [1.807, 2.05) is 13.8 Å². The summed E-state index contributed by atoms with van der Waals surface area (Å²) in [7, 11) is 0. The van der Waals surface area contributed by atoms with Gasteiger partial charge in [-0.25, -0.2) is 5.84 Å². The van der Waals surface area contributed by atoms with E-state index >= 15 is 0 Å². The monoisotopic (exact) mass is 226 g/mol. The first-order chi connectivity index (χ1) is 6.85. The summed E-state index contributed by atoms with van der Waals surface area (Å²) < 4.78 is 35.3. The Morgan fingerprint density at radius 3 is 2.40 bits per heavy atom. The highest BCUT2D eigenvalue weighted by Gasteiger charge is 2.25. The van der Waals surface area contributed by atoms with E-state index in [-0.39, 0.29) is 19.0 Å². The highest BCUT2D eigenvalue weighted by atomic mass is 19.4. The molecule has 0 aliphatic heterocycles. The normalized spacial score (nSPS) is 13.1. The maximum atomic E-state index is 11.8. The average molecular weight is 226 g/mol. The second-order valence-corrected chi connectivity index (χ2v) is 3.39. The summed E-state index contributed by atoms with van der Waals surface area (Å²) in [6, 6.07) is 0.127. The number of alkyl halides is 3. The number of aliphatic imine (C=N–C) groups is 1. The molecule has 7 heteroatoms. The SMILES string of the molecule is CC(C)NC(=NCCCC(F)(F)F)NN. The molecule has 0 bridgehead atoms. The van der Waals surface area contributed by atoms with Gasteiger partial charge in [-0.3, -0.25) is 10.4 Å². The number of hydrogen-bond donors (Lipinski definition) is 3. The van der Waals surface area contributed by atoms with Crippen LogP contribution in [0.15, 0.2) is 4.99 Å². The van der Waals surface area contributed by atoms with Crippen molar-refractivity contribution >= 4 is 5.96 Å². The highest BCUT2D eigenvalue weighted by Crippen LogP contribution is 2.20. The van der Waals surface area contributed by atoms with Crippen LogP contribution in [0.25, 0.3) is 0 Å². The van der Waals surface area contributed by atoms with Gasteiger partial charge in [-0.2, -0.15) is 13.2 Å². The van der Waals surface area contributed by atoms with Crippen LogP contribution in [0.4, 0.5) is 13.2 Å². The number of nitrogens with zero attached hydrogens (tertiary/aromatic N) is 1. The Hall–Kier alpha value is -0.980. The van der Waals surface area contributed by atoms with Gasteiger partial charge in [-0.15, -0.1) is 0 Å². The molecule has 0 saturated carbocycles. The Balaban J connectivity index is 3.81. The van der Waals surface area contributed by atoms with Crippen molar-refractivity contribution in [2.45, 2.75) is 38.9 Å². The molecule has 0 aliphatic carbocycles. The molecule has 0 saturated heterocycles. The molecule has 0 amide bonds. The van der Waals surface area contributed by atoms with Gasteiger partial charge in [0.2, 0.25) is 5.96 Å². The van der Waals surface area contributed by atoms with Crippen molar-refractivity contribution in [2.24, 2.45) is 10.8 Å². The molecule has 0 fully saturated rings. The van der Waals surface area contributed by atoms with E-state index in [0.29, 0.717) is 5.96 Å². The van der Waals surface area contributed by atoms with Gasteiger partial charge in [0.05, 0.1) is 0 Å². The first kappa shape index (κ1) is 14.0. The molecule has 0 aliphatic rings. The molecule has 0 atom stereocenters. The Labute approximate surface area is 87.1 Å². The highest BCUT2D eigenvalue weighted by molar-refractivity contribution is 5.79. The zero-order chi connectivity index (χ0) is 11.9. The van der Waals surface area contributed by atoms with Crippen LogP contribution >= 0.6 is 0 Å². The summed E-state index contributed by atoms with van der Waals surface area (Å²) in [6.45, 7) is 3.85. The Kier molecular flexibility index (Phi) is 6.07. The fourth-order valence-corrected chi connectivity index (χ4v) is 0.877. The lowest BCUT2D eigenvalue weighted by atomic mass is 10.3. The van der Waals surface area contributed by atoms with Gasteiger partial charge in [-0.05, 0) is 20.3 Å². The quantitative estimate of drug-likeness (QED) is 0.221. The Bertz CT molecular complexity index is 201. The molecular weight excluding hydrogens is 209 g/mol. The standard InChI is InChI=1S/C8H17F3N4/c1-6(2)14-7(15-12)13-5-3-4-8(9,10)11/h6H,3-5,12H2,1-2H3,(H2,13,14,15). The maximum absolute atomic E-state index is 11.8. The molecule has 4 nitrogen and oxygen atoms in total. The number of hydrazine groups is 1. The fourth-order valence-electron chi connectivity index (χ4n) is 0.877. The third kappa shape index (κ3) is 9.33. The van der Waals surface area contributed by atoms with Gasteiger partial charge in [0.25, 0.3) is 0 Å². The van der Waals surface area contributed by atoms with Gasteiger partial charge in [0, 0.05) is 19.0 Å². The third-order valence-electron chi connectivity index (χ3n) is 1.45. The van der Waals surface area contributed by atoms with Gasteiger partial charge < -0.3 is 5.32 Å². The predicted molar refractivity (Wildman–Crippen MR) is 53.2 cm³/mol. The molecule has 0 heterocycles. The summed E-state index contributed by atoms with van der Waals surface area (Å²) in [5, 5.41) is 2.86. The first-order valence-corrected chi connectivity index (χ1v) is 4.69. The molecule has 15 heavy (non-hydrogen) atoms. The van der Waals surface area contributed by atoms with Crippen molar-refractivity contribution in [3.63, 3.8) is 0 Å². The molecule has 0 aromatic rings. The number of rotatable bonds is 4. The molecular formula is C8H17F3N4. The zero-order valence-corrected chi connectivity index (χ0v) is 8.86. The van der Waals surface area contributed by atoms with E-state index in [0.717, 1.165) is 0 Å². The van der Waals surface area contributed by atoms with Crippen LogP contribution in [-0.2, 0) is 0 Å². The van der Waals surface area contributed by atoms with Crippen LogP contribution in [0.2, 0.25) is 0 Å². The number of guanidine groups is 1. The zero-order valence-electron chi connectivity index (χ0n) is 8.86. The lowest BCUT2D eigenvalue weighted by Crippen LogP contribution is -2.44. The van der Waals surface area contributed by atoms with Crippen LogP contribution in [0.3, 0.4) is 0 Å². The smallest absolute Gasteiger partial charge is 0.353 e. The van der Waals surface area contributed by atoms with Gasteiger partial charge in [0.1, 0.15) is 0 Å². The van der Waals surface area contributed by atoms with Crippen LogP contribution < -0.4 is 16.6 Å². The minimum Gasteiger partial charge on any atom is -0.353 e. The molecule has 0 spiro atoms. The molecule has 0 aromatic carbocycles. The largest absolute Gasteiger partial charge is 0.389 e. The molecule has 4 N–H and O–H groups in total. The molecule has 0 unspecified atom stereocenters. The Morgan fingerprint density at radius 2 is 2.00 bits per heavy atom. The summed E-state index contributed by atoms with van der Waals surface area (Å²) in [5.41, 5.74) is 2.29. The molecule has 0 aromatic heterocycles. The molecule has 0 radical (unpaired) electrons. The van der Waals surface area contributed by atoms with Crippen molar-refractivity contribution in [1.29, 1.82) is 0 Å². The lowest BCUT2D eigenvalue weighted by Gasteiger charge is -2.12. The Morgan fingerprint density at radius 1 is 1.40 bits per heavy atom. The van der Waals surface area contributed by atoms with Crippen molar-refractivity contribution in [3.05, 3.63) is 0 Å². The number of nitrogens with one attached hydrogen (secondary N) is 2. The van der Waals surface area contributed by atoms with Crippen molar-refractivity contribution in [1.82, 2.24) is 10.7 Å². The van der Waals surface area contributed by atoms with Gasteiger partial charge in [-0.1, -0.05) is 0 Å². The van der Waals surface area contributed by atoms with Crippen LogP contribution in [0, 0.1) is 0 Å². The van der Waals surface area contributed by atoms with E-state index in [2.05, 4.69) is 15.7 Å². The van der Waals surface area contributed by atoms with Crippen molar-refractivity contribution < 1.29 is 13.2 Å². The minimum atomic E-state index is -4.11. The van der Waals surface area contributed by atoms with E-state index in [1.165, 1.54) is 0 Å². The number of nitrogens with two attached hydrogens (primary N) is 1. The lowest BCUT2D eigenvalue weighted by molar-refractivity contribution is -0.134. The van der Waals surface area contributed by atoms with E-state index in [4.69, 9.17) is 5.84 Å². The molecule has 90 valence electrons. The van der Waals surface area contributed by atoms with Crippen LogP contribution in [0.5, 0.6) is 0 Å². The number of hydrogen-bond acceptors (Lipinski definition) is 2. The summed E-state index contributed by atoms with van der Waals surface area (Å²) in [5.74, 6) is 5.44. The summed E-state index contributed by atoms with van der Waals surface area (Å²) in [6.07, 6.45) is -4.97. The third-order valence-corrected chi connectivity index (χ3v) is 1.45. The maximum Gasteiger partial charge on any atom is 0.389 e. The van der Waals surface area contributed by atoms with E-state index in [1.54, 1.807) is 0 Å². The minimum absolute atomic E-state index is 0.0333. The van der Waals surface area contributed by atoms with Crippen LogP contribution in [-0.4, -0.2) is 24.7 Å². The summed E-state index contributed by atoms with van der Waals surface area (Å²) >= 11 is 0. The molecule has 0 rings (SSSR count).